The molecule has 2 unspecified atom stereocenters. The predicted octanol–water partition coefficient (Wildman–Crippen LogP) is 0.102. The molecule has 6 heteroatoms. The lowest BCUT2D eigenvalue weighted by molar-refractivity contribution is 0.0709. The van der Waals surface area contributed by atoms with Crippen molar-refractivity contribution in [3.8, 4) is 0 Å². The molecule has 2 rings (SSSR count). The molecule has 0 spiro atoms. The summed E-state index contributed by atoms with van der Waals surface area (Å²) in [6.07, 6.45) is 3.59. The van der Waals surface area contributed by atoms with Gasteiger partial charge in [-0.2, -0.15) is 15.4 Å². The van der Waals surface area contributed by atoms with Gasteiger partial charge in [0.25, 0.3) is 5.91 Å². The van der Waals surface area contributed by atoms with Crippen molar-refractivity contribution in [1.29, 1.82) is 0 Å². The standard InChI is InChI=1S/C9H14N4O2/c1-6(8-3-2-4-15-8)11-9(14)7-5-10-13-12-7/h5-6,8H,2-4H2,1H3,(H,11,14)(H,10,12,13). The molecule has 1 fully saturated rings. The maximum atomic E-state index is 11.6. The average Bonchev–Trinajstić information content (AvgIpc) is 2.91. The lowest BCUT2D eigenvalue weighted by Crippen LogP contribution is -2.40. The highest BCUT2D eigenvalue weighted by molar-refractivity contribution is 5.92. The Morgan fingerprint density at radius 3 is 3.27 bits per heavy atom. The summed E-state index contributed by atoms with van der Waals surface area (Å²) in [6, 6.07) is 0.0108. The molecule has 1 amide bonds. The topological polar surface area (TPSA) is 79.9 Å². The Balaban J connectivity index is 1.88. The SMILES string of the molecule is CC(NC(=O)c1cn[nH]n1)C1CCCO1. The fourth-order valence-electron chi connectivity index (χ4n) is 1.68. The molecular formula is C9H14N4O2. The number of amides is 1. The monoisotopic (exact) mass is 210 g/mol. The third-order valence-corrected chi connectivity index (χ3v) is 2.53. The summed E-state index contributed by atoms with van der Waals surface area (Å²) in [4.78, 5) is 11.6. The second kappa shape index (κ2) is 4.39. The number of ether oxygens (including phenoxy) is 1. The first-order valence-electron chi connectivity index (χ1n) is 5.05. The number of rotatable bonds is 3. The Hall–Kier alpha value is -1.43. The van der Waals surface area contributed by atoms with Gasteiger partial charge in [0, 0.05) is 6.61 Å². The lowest BCUT2D eigenvalue weighted by Gasteiger charge is -2.19. The third kappa shape index (κ3) is 2.33. The molecule has 82 valence electrons. The normalized spacial score (nSPS) is 22.6. The Morgan fingerprint density at radius 2 is 2.67 bits per heavy atom. The van der Waals surface area contributed by atoms with E-state index in [9.17, 15) is 4.79 Å². The molecule has 1 aromatic rings. The maximum absolute atomic E-state index is 11.6. The van der Waals surface area contributed by atoms with Crippen molar-refractivity contribution in [3.05, 3.63) is 11.9 Å². The van der Waals surface area contributed by atoms with E-state index in [-0.39, 0.29) is 18.1 Å². The van der Waals surface area contributed by atoms with E-state index in [4.69, 9.17) is 4.74 Å². The van der Waals surface area contributed by atoms with E-state index in [1.165, 1.54) is 6.20 Å². The van der Waals surface area contributed by atoms with Gasteiger partial charge in [-0.05, 0) is 19.8 Å². The molecule has 0 aromatic carbocycles. The summed E-state index contributed by atoms with van der Waals surface area (Å²) in [6.45, 7) is 2.73. The van der Waals surface area contributed by atoms with Gasteiger partial charge in [-0.1, -0.05) is 0 Å². The van der Waals surface area contributed by atoms with E-state index < -0.39 is 0 Å². The van der Waals surface area contributed by atoms with Crippen molar-refractivity contribution in [2.45, 2.75) is 31.9 Å². The number of aromatic amines is 1. The van der Waals surface area contributed by atoms with Crippen molar-refractivity contribution < 1.29 is 9.53 Å². The van der Waals surface area contributed by atoms with Gasteiger partial charge in [-0.3, -0.25) is 4.79 Å². The number of H-pyrrole nitrogens is 1. The van der Waals surface area contributed by atoms with Crippen molar-refractivity contribution in [2.24, 2.45) is 0 Å². The molecule has 1 saturated heterocycles. The number of hydrogen-bond acceptors (Lipinski definition) is 4. The van der Waals surface area contributed by atoms with Crippen LogP contribution in [0.2, 0.25) is 0 Å². The zero-order valence-corrected chi connectivity index (χ0v) is 8.56. The molecule has 2 N–H and O–H groups in total. The van der Waals surface area contributed by atoms with Gasteiger partial charge in [-0.15, -0.1) is 0 Å². The van der Waals surface area contributed by atoms with Crippen LogP contribution >= 0.6 is 0 Å². The van der Waals surface area contributed by atoms with Crippen molar-refractivity contribution in [1.82, 2.24) is 20.7 Å². The van der Waals surface area contributed by atoms with Gasteiger partial charge in [0.1, 0.15) is 0 Å². The smallest absolute Gasteiger partial charge is 0.273 e. The van der Waals surface area contributed by atoms with Gasteiger partial charge in [0.2, 0.25) is 0 Å². The third-order valence-electron chi connectivity index (χ3n) is 2.53. The van der Waals surface area contributed by atoms with Crippen LogP contribution < -0.4 is 5.32 Å². The number of carbonyl (C=O) groups is 1. The van der Waals surface area contributed by atoms with Crippen LogP contribution in [-0.4, -0.2) is 40.1 Å². The predicted molar refractivity (Wildman–Crippen MR) is 52.3 cm³/mol. The minimum Gasteiger partial charge on any atom is -0.376 e. The number of aromatic nitrogens is 3. The molecule has 15 heavy (non-hydrogen) atoms. The number of nitrogens with one attached hydrogen (secondary N) is 2. The first kappa shape index (κ1) is 10.1. The van der Waals surface area contributed by atoms with Crippen molar-refractivity contribution >= 4 is 5.91 Å². The highest BCUT2D eigenvalue weighted by atomic mass is 16.5. The molecule has 0 saturated carbocycles. The summed E-state index contributed by atoms with van der Waals surface area (Å²) in [5, 5.41) is 12.5. The highest BCUT2D eigenvalue weighted by Gasteiger charge is 2.24. The summed E-state index contributed by atoms with van der Waals surface area (Å²) >= 11 is 0. The number of nitrogens with zero attached hydrogens (tertiary/aromatic N) is 2. The summed E-state index contributed by atoms with van der Waals surface area (Å²) < 4.78 is 5.47. The van der Waals surface area contributed by atoms with Gasteiger partial charge >= 0.3 is 0 Å². The molecule has 0 bridgehead atoms. The molecule has 0 radical (unpaired) electrons. The van der Waals surface area contributed by atoms with Gasteiger partial charge < -0.3 is 10.1 Å². The van der Waals surface area contributed by atoms with Crippen molar-refractivity contribution in [2.75, 3.05) is 6.61 Å². The highest BCUT2D eigenvalue weighted by Crippen LogP contribution is 2.15. The van der Waals surface area contributed by atoms with E-state index in [1.54, 1.807) is 0 Å². The molecule has 1 aliphatic heterocycles. The Bertz CT molecular complexity index is 319. The summed E-state index contributed by atoms with van der Waals surface area (Å²) in [5.41, 5.74) is 0.305. The Kier molecular flexibility index (Phi) is 2.96. The van der Waals surface area contributed by atoms with E-state index in [1.807, 2.05) is 6.92 Å². The van der Waals surface area contributed by atoms with E-state index in [0.29, 0.717) is 5.69 Å². The number of carbonyl (C=O) groups excluding carboxylic acids is 1. The molecule has 6 nitrogen and oxygen atoms in total. The van der Waals surface area contributed by atoms with Gasteiger partial charge in [0.15, 0.2) is 5.69 Å². The Morgan fingerprint density at radius 1 is 1.80 bits per heavy atom. The first-order chi connectivity index (χ1) is 7.27. The van der Waals surface area contributed by atoms with Crippen LogP contribution in [0.5, 0.6) is 0 Å². The van der Waals surface area contributed by atoms with E-state index in [2.05, 4.69) is 20.7 Å². The van der Waals surface area contributed by atoms with Crippen LogP contribution in [0.4, 0.5) is 0 Å². The Labute approximate surface area is 87.4 Å². The molecule has 1 aliphatic rings. The van der Waals surface area contributed by atoms with Crippen LogP contribution in [0, 0.1) is 0 Å². The fraction of sp³-hybridized carbons (Fsp3) is 0.667. The maximum Gasteiger partial charge on any atom is 0.273 e. The van der Waals surface area contributed by atoms with Gasteiger partial charge in [-0.25, -0.2) is 0 Å². The quantitative estimate of drug-likeness (QED) is 0.741. The molecule has 1 aromatic heterocycles. The minimum absolute atomic E-state index is 0.0108. The van der Waals surface area contributed by atoms with Crippen LogP contribution in [0.15, 0.2) is 6.20 Å². The van der Waals surface area contributed by atoms with E-state index in [0.717, 1.165) is 19.4 Å². The molecule has 0 aliphatic carbocycles. The van der Waals surface area contributed by atoms with Crippen molar-refractivity contribution in [3.63, 3.8) is 0 Å². The minimum atomic E-state index is -0.216. The van der Waals surface area contributed by atoms with Gasteiger partial charge in [0.05, 0.1) is 18.3 Å². The molecule has 2 heterocycles. The second-order valence-corrected chi connectivity index (χ2v) is 3.67. The second-order valence-electron chi connectivity index (χ2n) is 3.67. The van der Waals surface area contributed by atoms with E-state index >= 15 is 0 Å². The van der Waals surface area contributed by atoms with Crippen LogP contribution in [0.25, 0.3) is 0 Å². The summed E-state index contributed by atoms with van der Waals surface area (Å²) in [5.74, 6) is -0.216. The first-order valence-corrected chi connectivity index (χ1v) is 5.05. The summed E-state index contributed by atoms with van der Waals surface area (Å²) in [7, 11) is 0. The lowest BCUT2D eigenvalue weighted by atomic mass is 10.1. The molecule has 2 atom stereocenters. The number of hydrogen-bond donors (Lipinski definition) is 2. The average molecular weight is 210 g/mol. The van der Waals surface area contributed by atoms with Crippen LogP contribution in [0.1, 0.15) is 30.3 Å². The molecular weight excluding hydrogens is 196 g/mol. The zero-order chi connectivity index (χ0) is 10.7. The fourth-order valence-corrected chi connectivity index (χ4v) is 1.68. The van der Waals surface area contributed by atoms with Crippen LogP contribution in [0.3, 0.4) is 0 Å². The van der Waals surface area contributed by atoms with Crippen LogP contribution in [-0.2, 0) is 4.74 Å². The largest absolute Gasteiger partial charge is 0.376 e. The zero-order valence-electron chi connectivity index (χ0n) is 8.56.